The molecule has 5 heteroatoms. The summed E-state index contributed by atoms with van der Waals surface area (Å²) in [5.41, 5.74) is 4.82. The van der Waals surface area contributed by atoms with E-state index in [0.29, 0.717) is 16.7 Å². The lowest BCUT2D eigenvalue weighted by molar-refractivity contribution is 0.514. The molecule has 0 aliphatic carbocycles. The molecular weight excluding hydrogens is 463 g/mol. The van der Waals surface area contributed by atoms with Crippen molar-refractivity contribution in [3.63, 3.8) is 0 Å². The van der Waals surface area contributed by atoms with Gasteiger partial charge < -0.3 is 0 Å². The van der Waals surface area contributed by atoms with Crippen molar-refractivity contribution in [2.24, 2.45) is 0 Å². The van der Waals surface area contributed by atoms with Gasteiger partial charge in [0.1, 0.15) is 0 Å². The minimum Gasteiger partial charge on any atom is -0.292 e. The van der Waals surface area contributed by atoms with E-state index in [-0.39, 0.29) is 17.2 Å². The summed E-state index contributed by atoms with van der Waals surface area (Å²) in [5, 5.41) is 0. The highest BCUT2D eigenvalue weighted by Crippen LogP contribution is 2.18. The molecule has 0 spiro atoms. The molecule has 0 radical (unpaired) electrons. The second-order valence-corrected chi connectivity index (χ2v) is 8.44. The van der Waals surface area contributed by atoms with E-state index in [2.05, 4.69) is 48.6 Å². The Labute approximate surface area is 179 Å². The van der Waals surface area contributed by atoms with Crippen LogP contribution in [0, 0.1) is 24.3 Å². The summed E-state index contributed by atoms with van der Waals surface area (Å²) in [6, 6.07) is 16.1. The Morgan fingerprint density at radius 1 is 0.893 bits per heavy atom. The molecule has 28 heavy (non-hydrogen) atoms. The first-order valence-corrected chi connectivity index (χ1v) is 10.5. The molecule has 1 aromatic heterocycles. The maximum Gasteiger partial charge on any atom is 0.331 e. The first-order chi connectivity index (χ1) is 13.3. The maximum atomic E-state index is 13.3. The van der Waals surface area contributed by atoms with Crippen molar-refractivity contribution in [2.75, 3.05) is 0 Å². The molecule has 0 amide bonds. The Balaban J connectivity index is 2.08. The van der Waals surface area contributed by atoms with Crippen LogP contribution in [0.3, 0.4) is 0 Å². The van der Waals surface area contributed by atoms with E-state index in [9.17, 15) is 9.59 Å². The summed E-state index contributed by atoms with van der Waals surface area (Å²) < 4.78 is 3.72. The van der Waals surface area contributed by atoms with Crippen LogP contribution < -0.4 is 11.2 Å². The summed E-state index contributed by atoms with van der Waals surface area (Å²) in [6.45, 7) is 8.85. The zero-order valence-electron chi connectivity index (χ0n) is 16.7. The molecule has 0 fully saturated rings. The van der Waals surface area contributed by atoms with E-state index in [1.165, 1.54) is 4.57 Å². The largest absolute Gasteiger partial charge is 0.331 e. The molecule has 4 nitrogen and oxygen atoms in total. The van der Waals surface area contributed by atoms with Crippen molar-refractivity contribution in [1.82, 2.24) is 9.13 Å². The highest BCUT2D eigenvalue weighted by molar-refractivity contribution is 14.1. The number of rotatable bonds is 5. The topological polar surface area (TPSA) is 44.0 Å². The highest BCUT2D eigenvalue weighted by atomic mass is 127. The Hall–Kier alpha value is -2.15. The van der Waals surface area contributed by atoms with Gasteiger partial charge in [-0.05, 0) is 71.5 Å². The van der Waals surface area contributed by atoms with Gasteiger partial charge in [0.25, 0.3) is 5.56 Å². The van der Waals surface area contributed by atoms with Crippen LogP contribution >= 0.6 is 22.6 Å². The van der Waals surface area contributed by atoms with Crippen molar-refractivity contribution in [1.29, 1.82) is 0 Å². The third-order valence-corrected chi connectivity index (χ3v) is 6.64. The summed E-state index contributed by atoms with van der Waals surface area (Å²) in [6.07, 6.45) is 0. The molecule has 0 N–H and O–H groups in total. The molecule has 0 saturated heterocycles. The molecule has 1 atom stereocenters. The third-order valence-electron chi connectivity index (χ3n) is 5.40. The second kappa shape index (κ2) is 8.47. The fraction of sp³-hybridized carbons (Fsp3) is 0.304. The van der Waals surface area contributed by atoms with Gasteiger partial charge in [-0.25, -0.2) is 4.79 Å². The number of nitrogens with zero attached hydrogens (tertiary/aromatic N) is 2. The van der Waals surface area contributed by atoms with Crippen LogP contribution in [0.1, 0.15) is 40.8 Å². The van der Waals surface area contributed by atoms with Crippen LogP contribution in [0.15, 0.2) is 58.1 Å². The quantitative estimate of drug-likeness (QED) is 0.500. The molecule has 0 aliphatic rings. The van der Waals surface area contributed by atoms with E-state index in [0.717, 1.165) is 27.9 Å². The monoisotopic (exact) mass is 488 g/mol. The molecule has 3 aromatic rings. The minimum absolute atomic E-state index is 0.0683. The number of benzene rings is 2. The van der Waals surface area contributed by atoms with Crippen LogP contribution in [-0.2, 0) is 13.1 Å². The van der Waals surface area contributed by atoms with Gasteiger partial charge in [-0.2, -0.15) is 0 Å². The molecule has 146 valence electrons. The molecule has 0 bridgehead atoms. The number of aromatic nitrogens is 2. The van der Waals surface area contributed by atoms with Gasteiger partial charge in [0.2, 0.25) is 0 Å². The Kier molecular flexibility index (Phi) is 6.23. The second-order valence-electron chi connectivity index (χ2n) is 7.37. The maximum absolute atomic E-state index is 13.3. The number of aryl methyl sites for hydroxylation is 2. The summed E-state index contributed by atoms with van der Waals surface area (Å²) >= 11 is 2.07. The van der Waals surface area contributed by atoms with Crippen molar-refractivity contribution in [2.45, 2.75) is 46.7 Å². The summed E-state index contributed by atoms with van der Waals surface area (Å²) in [7, 11) is 0. The van der Waals surface area contributed by atoms with Crippen molar-refractivity contribution >= 4 is 22.6 Å². The van der Waals surface area contributed by atoms with Crippen LogP contribution in [0.25, 0.3) is 0 Å². The molecular formula is C23H25IN2O2. The molecule has 0 aliphatic heterocycles. The lowest BCUT2D eigenvalue weighted by Gasteiger charge is -2.19. The zero-order chi connectivity index (χ0) is 20.4. The van der Waals surface area contributed by atoms with Gasteiger partial charge in [0.05, 0.1) is 10.1 Å². The van der Waals surface area contributed by atoms with E-state index in [1.807, 2.05) is 50.2 Å². The van der Waals surface area contributed by atoms with Crippen molar-refractivity contribution in [3.8, 4) is 0 Å². The predicted molar refractivity (Wildman–Crippen MR) is 122 cm³/mol. The van der Waals surface area contributed by atoms with Gasteiger partial charge in [0.15, 0.2) is 0 Å². The van der Waals surface area contributed by atoms with Gasteiger partial charge in [-0.1, -0.05) is 55.5 Å². The Morgan fingerprint density at radius 3 is 2.11 bits per heavy atom. The fourth-order valence-corrected chi connectivity index (χ4v) is 4.11. The van der Waals surface area contributed by atoms with Crippen LogP contribution in [0.4, 0.5) is 0 Å². The first-order valence-electron chi connectivity index (χ1n) is 9.41. The number of hydrogen-bond donors (Lipinski definition) is 0. The van der Waals surface area contributed by atoms with Crippen molar-refractivity contribution < 1.29 is 0 Å². The zero-order valence-corrected chi connectivity index (χ0v) is 18.9. The Bertz CT molecular complexity index is 1090. The SMILES string of the molecule is Cc1cccc(C)c1Cn1c(C)c(I)c(=O)n(C[C@H](C)c2ccccc2)c1=O. The van der Waals surface area contributed by atoms with Gasteiger partial charge in [-0.3, -0.25) is 13.9 Å². The van der Waals surface area contributed by atoms with Crippen LogP contribution in [0.2, 0.25) is 0 Å². The van der Waals surface area contributed by atoms with Gasteiger partial charge in [0, 0.05) is 12.2 Å². The van der Waals surface area contributed by atoms with Gasteiger partial charge in [-0.15, -0.1) is 0 Å². The molecule has 0 saturated carbocycles. The number of halogens is 1. The minimum atomic E-state index is -0.242. The average Bonchev–Trinajstić information content (AvgIpc) is 2.69. The predicted octanol–water partition coefficient (Wildman–Crippen LogP) is 4.39. The number of hydrogen-bond acceptors (Lipinski definition) is 2. The highest BCUT2D eigenvalue weighted by Gasteiger charge is 2.18. The molecule has 1 heterocycles. The molecule has 3 rings (SSSR count). The lowest BCUT2D eigenvalue weighted by Crippen LogP contribution is -2.43. The summed E-state index contributed by atoms with van der Waals surface area (Å²) in [4.78, 5) is 26.1. The molecule has 0 unspecified atom stereocenters. The van der Waals surface area contributed by atoms with E-state index >= 15 is 0 Å². The average molecular weight is 488 g/mol. The standard InChI is InChI=1S/C23H25IN2O2/c1-15-9-8-10-16(2)20(15)14-25-18(4)21(24)22(27)26(23(25)28)13-17(3)19-11-6-5-7-12-19/h5-12,17H,13-14H2,1-4H3/t17-/m0/s1. The third kappa shape index (κ3) is 3.99. The van der Waals surface area contributed by atoms with E-state index < -0.39 is 0 Å². The lowest BCUT2D eigenvalue weighted by atomic mass is 10.0. The summed E-state index contributed by atoms with van der Waals surface area (Å²) in [5.74, 6) is 0.0683. The van der Waals surface area contributed by atoms with Gasteiger partial charge >= 0.3 is 5.69 Å². The first kappa shape index (κ1) is 20.6. The van der Waals surface area contributed by atoms with E-state index in [1.54, 1.807) is 4.57 Å². The van der Waals surface area contributed by atoms with Crippen molar-refractivity contribution in [3.05, 3.63) is 101 Å². The fourth-order valence-electron chi connectivity index (χ4n) is 3.53. The molecule has 2 aromatic carbocycles. The van der Waals surface area contributed by atoms with E-state index in [4.69, 9.17) is 0 Å². The van der Waals surface area contributed by atoms with Crippen LogP contribution in [0.5, 0.6) is 0 Å². The Morgan fingerprint density at radius 2 is 1.50 bits per heavy atom. The van der Waals surface area contributed by atoms with Crippen LogP contribution in [-0.4, -0.2) is 9.13 Å². The normalized spacial score (nSPS) is 12.2. The smallest absolute Gasteiger partial charge is 0.292 e.